The van der Waals surface area contributed by atoms with E-state index in [1.165, 1.54) is 11.1 Å². The summed E-state index contributed by atoms with van der Waals surface area (Å²) in [5.41, 5.74) is 15.7. The minimum atomic E-state index is -0.180. The molecule has 0 aliphatic carbocycles. The fourth-order valence-corrected chi connectivity index (χ4v) is 4.00. The summed E-state index contributed by atoms with van der Waals surface area (Å²) in [5, 5.41) is 4.53. The van der Waals surface area contributed by atoms with E-state index in [1.807, 2.05) is 36.4 Å². The van der Waals surface area contributed by atoms with Gasteiger partial charge in [0, 0.05) is 27.9 Å². The standard InChI is InChI=1S/C23H20N2O/c1-23(2)19-9-15-7-17(24)5-3-13(15)11-21(19)26-22-12-14-4-6-18(25)8-16(14)10-20(22)23/h3-12H,24-25H2,1-2H3. The molecule has 1 aliphatic rings. The summed E-state index contributed by atoms with van der Waals surface area (Å²) in [6.45, 7) is 4.48. The maximum Gasteiger partial charge on any atom is 0.132 e. The minimum absolute atomic E-state index is 0.180. The molecular weight excluding hydrogens is 320 g/mol. The van der Waals surface area contributed by atoms with Crippen LogP contribution in [0.25, 0.3) is 21.5 Å². The van der Waals surface area contributed by atoms with Crippen molar-refractivity contribution < 1.29 is 4.74 Å². The number of hydrogen-bond acceptors (Lipinski definition) is 3. The van der Waals surface area contributed by atoms with Gasteiger partial charge in [0.25, 0.3) is 0 Å². The fraction of sp³-hybridized carbons (Fsp3) is 0.130. The van der Waals surface area contributed by atoms with E-state index in [9.17, 15) is 0 Å². The number of ether oxygens (including phenoxy) is 1. The van der Waals surface area contributed by atoms with E-state index in [4.69, 9.17) is 16.2 Å². The lowest BCUT2D eigenvalue weighted by Crippen LogP contribution is -2.24. The molecule has 0 bridgehead atoms. The monoisotopic (exact) mass is 340 g/mol. The smallest absolute Gasteiger partial charge is 0.132 e. The van der Waals surface area contributed by atoms with Crippen LogP contribution >= 0.6 is 0 Å². The highest BCUT2D eigenvalue weighted by atomic mass is 16.5. The molecule has 0 saturated carbocycles. The van der Waals surface area contributed by atoms with Gasteiger partial charge in [0.05, 0.1) is 0 Å². The van der Waals surface area contributed by atoms with E-state index in [1.54, 1.807) is 0 Å². The molecule has 4 aromatic rings. The maximum atomic E-state index is 6.33. The third-order valence-electron chi connectivity index (χ3n) is 5.49. The van der Waals surface area contributed by atoms with Crippen molar-refractivity contribution in [2.45, 2.75) is 19.3 Å². The van der Waals surface area contributed by atoms with Gasteiger partial charge in [-0.3, -0.25) is 0 Å². The van der Waals surface area contributed by atoms with Crippen molar-refractivity contribution in [1.82, 2.24) is 0 Å². The van der Waals surface area contributed by atoms with Crippen LogP contribution < -0.4 is 16.2 Å². The Hall–Kier alpha value is -3.20. The first-order chi connectivity index (χ1) is 12.4. The normalized spacial score (nSPS) is 14.7. The fourth-order valence-electron chi connectivity index (χ4n) is 4.00. The molecule has 4 N–H and O–H groups in total. The zero-order valence-corrected chi connectivity index (χ0v) is 14.8. The van der Waals surface area contributed by atoms with Gasteiger partial charge in [0.2, 0.25) is 0 Å². The molecule has 26 heavy (non-hydrogen) atoms. The second-order valence-corrected chi connectivity index (χ2v) is 7.64. The molecule has 0 aromatic heterocycles. The molecule has 3 nitrogen and oxygen atoms in total. The summed E-state index contributed by atoms with van der Waals surface area (Å²) < 4.78 is 6.33. The second kappa shape index (κ2) is 4.92. The van der Waals surface area contributed by atoms with E-state index in [-0.39, 0.29) is 5.41 Å². The predicted molar refractivity (Wildman–Crippen MR) is 109 cm³/mol. The zero-order valence-electron chi connectivity index (χ0n) is 14.8. The summed E-state index contributed by atoms with van der Waals surface area (Å²) in [6, 6.07) is 20.6. The van der Waals surface area contributed by atoms with Crippen LogP contribution in [0.15, 0.2) is 60.7 Å². The lowest BCUT2D eigenvalue weighted by atomic mass is 9.74. The van der Waals surface area contributed by atoms with Gasteiger partial charge in [-0.2, -0.15) is 0 Å². The highest BCUT2D eigenvalue weighted by Crippen LogP contribution is 2.50. The summed E-state index contributed by atoms with van der Waals surface area (Å²) in [6.07, 6.45) is 0. The zero-order chi connectivity index (χ0) is 18.1. The second-order valence-electron chi connectivity index (χ2n) is 7.64. The summed E-state index contributed by atoms with van der Waals surface area (Å²) in [4.78, 5) is 0. The van der Waals surface area contributed by atoms with E-state index < -0.39 is 0 Å². The molecule has 1 heterocycles. The van der Waals surface area contributed by atoms with Gasteiger partial charge in [-0.25, -0.2) is 0 Å². The van der Waals surface area contributed by atoms with Crippen LogP contribution in [0.1, 0.15) is 25.0 Å². The van der Waals surface area contributed by atoms with Gasteiger partial charge in [0.15, 0.2) is 0 Å². The van der Waals surface area contributed by atoms with Gasteiger partial charge in [-0.1, -0.05) is 26.0 Å². The maximum absolute atomic E-state index is 6.33. The van der Waals surface area contributed by atoms with Crippen LogP contribution in [-0.2, 0) is 5.41 Å². The van der Waals surface area contributed by atoms with Gasteiger partial charge >= 0.3 is 0 Å². The van der Waals surface area contributed by atoms with E-state index in [0.29, 0.717) is 0 Å². The van der Waals surface area contributed by atoms with E-state index in [0.717, 1.165) is 44.4 Å². The van der Waals surface area contributed by atoms with Crippen LogP contribution in [0.4, 0.5) is 11.4 Å². The Bertz CT molecular complexity index is 1110. The Morgan fingerprint density at radius 3 is 1.54 bits per heavy atom. The average Bonchev–Trinajstić information content (AvgIpc) is 2.60. The average molecular weight is 340 g/mol. The van der Waals surface area contributed by atoms with Crippen LogP contribution in [0.5, 0.6) is 11.5 Å². The number of fused-ring (bicyclic) bond motifs is 4. The molecule has 5 rings (SSSR count). The molecule has 0 spiro atoms. The van der Waals surface area contributed by atoms with Crippen molar-refractivity contribution in [3.8, 4) is 11.5 Å². The van der Waals surface area contributed by atoms with Crippen molar-refractivity contribution in [3.05, 3.63) is 71.8 Å². The quantitative estimate of drug-likeness (QED) is 0.410. The number of nitrogens with two attached hydrogens (primary N) is 2. The van der Waals surface area contributed by atoms with Gasteiger partial charge < -0.3 is 16.2 Å². The topological polar surface area (TPSA) is 61.3 Å². The third kappa shape index (κ3) is 2.07. The lowest BCUT2D eigenvalue weighted by molar-refractivity contribution is 0.420. The first-order valence-corrected chi connectivity index (χ1v) is 8.77. The molecule has 3 heteroatoms. The van der Waals surface area contributed by atoms with Crippen molar-refractivity contribution in [2.24, 2.45) is 0 Å². The third-order valence-corrected chi connectivity index (χ3v) is 5.49. The predicted octanol–water partition coefficient (Wildman–Crippen LogP) is 5.59. The molecule has 0 amide bonds. The molecule has 0 atom stereocenters. The highest BCUT2D eigenvalue weighted by molar-refractivity contribution is 5.91. The van der Waals surface area contributed by atoms with Crippen molar-refractivity contribution in [3.63, 3.8) is 0 Å². The molecule has 4 aromatic carbocycles. The van der Waals surface area contributed by atoms with Crippen LogP contribution in [0, 0.1) is 0 Å². The van der Waals surface area contributed by atoms with Gasteiger partial charge in [-0.15, -0.1) is 0 Å². The van der Waals surface area contributed by atoms with Crippen LogP contribution in [0.3, 0.4) is 0 Å². The molecule has 0 radical (unpaired) electrons. The SMILES string of the molecule is CC1(C)c2cc3cc(N)ccc3cc2Oc2cc3ccc(N)cc3cc21. The number of rotatable bonds is 0. The summed E-state index contributed by atoms with van der Waals surface area (Å²) >= 11 is 0. The Morgan fingerprint density at radius 1 is 0.615 bits per heavy atom. The van der Waals surface area contributed by atoms with Crippen molar-refractivity contribution in [2.75, 3.05) is 11.5 Å². The molecular formula is C23H20N2O. The van der Waals surface area contributed by atoms with Crippen LogP contribution in [0.2, 0.25) is 0 Å². The first kappa shape index (κ1) is 15.1. The lowest BCUT2D eigenvalue weighted by Gasteiger charge is -2.35. The minimum Gasteiger partial charge on any atom is -0.457 e. The Kier molecular flexibility index (Phi) is 2.85. The molecule has 1 aliphatic heterocycles. The molecule has 0 unspecified atom stereocenters. The van der Waals surface area contributed by atoms with Crippen molar-refractivity contribution >= 4 is 32.9 Å². The Balaban J connectivity index is 1.79. The van der Waals surface area contributed by atoms with Crippen molar-refractivity contribution in [1.29, 1.82) is 0 Å². The number of anilines is 2. The number of hydrogen-bond donors (Lipinski definition) is 2. The summed E-state index contributed by atoms with van der Waals surface area (Å²) in [7, 11) is 0. The van der Waals surface area contributed by atoms with E-state index >= 15 is 0 Å². The van der Waals surface area contributed by atoms with Gasteiger partial charge in [-0.05, 0) is 70.1 Å². The number of nitrogen functional groups attached to an aromatic ring is 2. The summed E-state index contributed by atoms with van der Waals surface area (Å²) in [5.74, 6) is 1.82. The number of benzene rings is 4. The van der Waals surface area contributed by atoms with E-state index in [2.05, 4.69) is 38.1 Å². The molecule has 0 fully saturated rings. The Labute approximate surface area is 152 Å². The first-order valence-electron chi connectivity index (χ1n) is 8.77. The molecule has 0 saturated heterocycles. The largest absolute Gasteiger partial charge is 0.457 e. The highest BCUT2D eigenvalue weighted by Gasteiger charge is 2.34. The Morgan fingerprint density at radius 2 is 1.08 bits per heavy atom. The van der Waals surface area contributed by atoms with Gasteiger partial charge in [0.1, 0.15) is 11.5 Å². The molecule has 128 valence electrons. The van der Waals surface area contributed by atoms with Crippen LogP contribution in [-0.4, -0.2) is 0 Å².